The molecule has 1 saturated carbocycles. The molecular weight excluding hydrogens is 244 g/mol. The molecule has 2 N–H and O–H groups in total. The fourth-order valence-electron chi connectivity index (χ4n) is 2.62. The Balaban J connectivity index is 1.70. The molecule has 0 unspecified atom stereocenters. The molecule has 0 aromatic rings. The van der Waals surface area contributed by atoms with Crippen molar-refractivity contribution >= 4 is 6.03 Å². The van der Waals surface area contributed by atoms with Gasteiger partial charge in [-0.1, -0.05) is 13.0 Å². The summed E-state index contributed by atoms with van der Waals surface area (Å²) in [5.41, 5.74) is 0. The Morgan fingerprint density at radius 3 is 2.84 bits per heavy atom. The van der Waals surface area contributed by atoms with Gasteiger partial charge in [0.25, 0.3) is 0 Å². The van der Waals surface area contributed by atoms with E-state index in [-0.39, 0.29) is 17.9 Å². The smallest absolute Gasteiger partial charge is 0.315 e. The first-order valence-electron chi connectivity index (χ1n) is 7.08. The molecule has 108 valence electrons. The Kier molecular flexibility index (Phi) is 4.82. The van der Waals surface area contributed by atoms with Crippen molar-refractivity contribution in [3.05, 3.63) is 12.7 Å². The lowest BCUT2D eigenvalue weighted by Gasteiger charge is -2.34. The number of hydrogen-bond donors (Lipinski definition) is 2. The second kappa shape index (κ2) is 6.39. The van der Waals surface area contributed by atoms with Crippen LogP contribution in [0.5, 0.6) is 0 Å². The van der Waals surface area contributed by atoms with Crippen molar-refractivity contribution in [3.63, 3.8) is 0 Å². The molecule has 1 aliphatic heterocycles. The zero-order valence-electron chi connectivity index (χ0n) is 11.6. The SMILES string of the molecule is C=CCNC(=O)NC[C@@H]1COC2(CCC(C)CC2)O1. The number of rotatable bonds is 4. The molecule has 2 amide bonds. The van der Waals surface area contributed by atoms with E-state index in [1.165, 1.54) is 0 Å². The Bertz CT molecular complexity index is 325. The van der Waals surface area contributed by atoms with Crippen molar-refractivity contribution in [1.29, 1.82) is 0 Å². The van der Waals surface area contributed by atoms with E-state index in [1.54, 1.807) is 6.08 Å². The van der Waals surface area contributed by atoms with Crippen LogP contribution in [0.2, 0.25) is 0 Å². The topological polar surface area (TPSA) is 59.6 Å². The highest BCUT2D eigenvalue weighted by atomic mass is 16.7. The van der Waals surface area contributed by atoms with Gasteiger partial charge in [0.05, 0.1) is 6.61 Å². The molecule has 0 aromatic heterocycles. The van der Waals surface area contributed by atoms with E-state index in [0.29, 0.717) is 19.7 Å². The summed E-state index contributed by atoms with van der Waals surface area (Å²) in [6.45, 7) is 7.33. The van der Waals surface area contributed by atoms with E-state index in [0.717, 1.165) is 31.6 Å². The second-order valence-electron chi connectivity index (χ2n) is 5.52. The van der Waals surface area contributed by atoms with Gasteiger partial charge in [0.15, 0.2) is 5.79 Å². The number of nitrogens with one attached hydrogen (secondary N) is 2. The number of hydrogen-bond acceptors (Lipinski definition) is 3. The Morgan fingerprint density at radius 1 is 1.42 bits per heavy atom. The molecule has 1 spiro atoms. The summed E-state index contributed by atoms with van der Waals surface area (Å²) >= 11 is 0. The van der Waals surface area contributed by atoms with Gasteiger partial charge >= 0.3 is 6.03 Å². The molecule has 1 heterocycles. The van der Waals surface area contributed by atoms with Crippen LogP contribution >= 0.6 is 0 Å². The van der Waals surface area contributed by atoms with Gasteiger partial charge in [-0.3, -0.25) is 0 Å². The number of urea groups is 1. The third-order valence-corrected chi connectivity index (χ3v) is 3.85. The number of ether oxygens (including phenoxy) is 2. The largest absolute Gasteiger partial charge is 0.347 e. The molecule has 5 nitrogen and oxygen atoms in total. The van der Waals surface area contributed by atoms with E-state index in [1.807, 2.05) is 0 Å². The highest BCUT2D eigenvalue weighted by molar-refractivity contribution is 5.73. The van der Waals surface area contributed by atoms with Gasteiger partial charge in [-0.2, -0.15) is 0 Å². The monoisotopic (exact) mass is 268 g/mol. The van der Waals surface area contributed by atoms with E-state index in [2.05, 4.69) is 24.1 Å². The summed E-state index contributed by atoms with van der Waals surface area (Å²) in [6.07, 6.45) is 5.84. The molecule has 1 aliphatic carbocycles. The average Bonchev–Trinajstić information content (AvgIpc) is 2.81. The lowest BCUT2D eigenvalue weighted by molar-refractivity contribution is -0.191. The standard InChI is InChI=1S/C14H24N2O3/c1-3-8-15-13(17)16-9-12-10-18-14(19-12)6-4-11(2)5-7-14/h3,11-12H,1,4-10H2,2H3,(H2,15,16,17)/t11?,12-,14?/m1/s1. The van der Waals surface area contributed by atoms with Crippen molar-refractivity contribution in [2.24, 2.45) is 5.92 Å². The van der Waals surface area contributed by atoms with Crippen LogP contribution in [0.25, 0.3) is 0 Å². The van der Waals surface area contributed by atoms with Gasteiger partial charge in [0.1, 0.15) is 6.10 Å². The van der Waals surface area contributed by atoms with E-state index in [4.69, 9.17) is 9.47 Å². The molecule has 0 bridgehead atoms. The zero-order valence-corrected chi connectivity index (χ0v) is 11.6. The molecule has 2 aliphatic rings. The maximum atomic E-state index is 11.4. The minimum absolute atomic E-state index is 0.0390. The van der Waals surface area contributed by atoms with Crippen LogP contribution in [0.4, 0.5) is 4.79 Å². The molecule has 5 heteroatoms. The first kappa shape index (κ1) is 14.3. The molecule has 0 aromatic carbocycles. The zero-order chi connectivity index (χ0) is 13.7. The first-order valence-corrected chi connectivity index (χ1v) is 7.08. The minimum Gasteiger partial charge on any atom is -0.347 e. The van der Waals surface area contributed by atoms with E-state index in [9.17, 15) is 4.79 Å². The highest BCUT2D eigenvalue weighted by Gasteiger charge is 2.43. The third-order valence-electron chi connectivity index (χ3n) is 3.85. The van der Waals surface area contributed by atoms with Crippen molar-refractivity contribution in [2.75, 3.05) is 19.7 Å². The molecule has 19 heavy (non-hydrogen) atoms. The second-order valence-corrected chi connectivity index (χ2v) is 5.52. The summed E-state index contributed by atoms with van der Waals surface area (Å²) in [7, 11) is 0. The Morgan fingerprint density at radius 2 is 2.16 bits per heavy atom. The van der Waals surface area contributed by atoms with Gasteiger partial charge in [-0.05, 0) is 18.8 Å². The van der Waals surface area contributed by atoms with Crippen molar-refractivity contribution < 1.29 is 14.3 Å². The normalized spacial score (nSPS) is 34.2. The third kappa shape index (κ3) is 3.94. The average molecular weight is 268 g/mol. The molecule has 2 fully saturated rings. The quantitative estimate of drug-likeness (QED) is 0.764. The van der Waals surface area contributed by atoms with Crippen LogP contribution < -0.4 is 10.6 Å². The van der Waals surface area contributed by atoms with Crippen molar-refractivity contribution in [1.82, 2.24) is 10.6 Å². The van der Waals surface area contributed by atoms with Gasteiger partial charge in [-0.25, -0.2) is 4.79 Å². The van der Waals surface area contributed by atoms with Crippen LogP contribution in [-0.4, -0.2) is 37.6 Å². The van der Waals surface area contributed by atoms with Crippen LogP contribution in [0.15, 0.2) is 12.7 Å². The molecule has 0 radical (unpaired) electrons. The number of carbonyl (C=O) groups excluding carboxylic acids is 1. The predicted octanol–water partition coefficient (Wildman–Crippen LogP) is 1.79. The van der Waals surface area contributed by atoms with Crippen LogP contribution in [0, 0.1) is 5.92 Å². The van der Waals surface area contributed by atoms with Crippen LogP contribution in [-0.2, 0) is 9.47 Å². The number of carbonyl (C=O) groups is 1. The summed E-state index contributed by atoms with van der Waals surface area (Å²) in [6, 6.07) is -0.193. The first-order chi connectivity index (χ1) is 9.13. The lowest BCUT2D eigenvalue weighted by atomic mass is 9.86. The molecule has 2 rings (SSSR count). The fraction of sp³-hybridized carbons (Fsp3) is 0.786. The maximum Gasteiger partial charge on any atom is 0.315 e. The van der Waals surface area contributed by atoms with Gasteiger partial charge in [-0.15, -0.1) is 6.58 Å². The van der Waals surface area contributed by atoms with Crippen LogP contribution in [0.1, 0.15) is 32.6 Å². The van der Waals surface area contributed by atoms with Crippen molar-refractivity contribution in [3.8, 4) is 0 Å². The van der Waals surface area contributed by atoms with Crippen LogP contribution in [0.3, 0.4) is 0 Å². The Hall–Kier alpha value is -1.07. The molecule has 1 atom stereocenters. The lowest BCUT2D eigenvalue weighted by Crippen LogP contribution is -2.41. The van der Waals surface area contributed by atoms with Gasteiger partial charge in [0, 0.05) is 25.9 Å². The Labute approximate surface area is 114 Å². The molecule has 1 saturated heterocycles. The minimum atomic E-state index is -0.379. The summed E-state index contributed by atoms with van der Waals surface area (Å²) in [5, 5.41) is 5.46. The van der Waals surface area contributed by atoms with Crippen molar-refractivity contribution in [2.45, 2.75) is 44.5 Å². The summed E-state index contributed by atoms with van der Waals surface area (Å²) < 4.78 is 11.9. The van der Waals surface area contributed by atoms with Gasteiger partial charge in [0.2, 0.25) is 0 Å². The summed E-state index contributed by atoms with van der Waals surface area (Å²) in [5.74, 6) is 0.385. The predicted molar refractivity (Wildman–Crippen MR) is 72.8 cm³/mol. The maximum absolute atomic E-state index is 11.4. The van der Waals surface area contributed by atoms with Gasteiger partial charge < -0.3 is 20.1 Å². The highest BCUT2D eigenvalue weighted by Crippen LogP contribution is 2.39. The summed E-state index contributed by atoms with van der Waals surface area (Å²) in [4.78, 5) is 11.4. The number of amides is 2. The molecular formula is C14H24N2O3. The van der Waals surface area contributed by atoms with E-state index >= 15 is 0 Å². The van der Waals surface area contributed by atoms with E-state index < -0.39 is 0 Å². The fourth-order valence-corrected chi connectivity index (χ4v) is 2.62.